The Labute approximate surface area is 129 Å². The van der Waals surface area contributed by atoms with Gasteiger partial charge in [0.15, 0.2) is 11.5 Å². The standard InChI is InChI=1S/C16H20N2O4/c1-3-4-5-22-15-7-13-12(6-14(15)20-2)16(19)18-10-21-9-11(18)8-17-13/h6-8,11H,3-5,9-10H2,1-2H3. The van der Waals surface area contributed by atoms with E-state index in [1.807, 2.05) is 0 Å². The summed E-state index contributed by atoms with van der Waals surface area (Å²) in [5.74, 6) is 1.09. The van der Waals surface area contributed by atoms with Crippen molar-refractivity contribution >= 4 is 17.8 Å². The van der Waals surface area contributed by atoms with Crippen molar-refractivity contribution < 1.29 is 19.0 Å². The van der Waals surface area contributed by atoms with Crippen LogP contribution in [0.5, 0.6) is 11.5 Å². The van der Waals surface area contributed by atoms with E-state index in [9.17, 15) is 4.79 Å². The van der Waals surface area contributed by atoms with E-state index in [0.717, 1.165) is 12.8 Å². The Balaban J connectivity index is 1.95. The van der Waals surface area contributed by atoms with Gasteiger partial charge in [-0.3, -0.25) is 9.79 Å². The molecule has 22 heavy (non-hydrogen) atoms. The van der Waals surface area contributed by atoms with Gasteiger partial charge < -0.3 is 19.1 Å². The van der Waals surface area contributed by atoms with Crippen LogP contribution in [0.2, 0.25) is 0 Å². The van der Waals surface area contributed by atoms with E-state index >= 15 is 0 Å². The van der Waals surface area contributed by atoms with Gasteiger partial charge in [-0.15, -0.1) is 0 Å². The number of methoxy groups -OCH3 is 1. The predicted molar refractivity (Wildman–Crippen MR) is 82.3 cm³/mol. The summed E-state index contributed by atoms with van der Waals surface area (Å²) in [5, 5.41) is 0. The number of amides is 1. The molecule has 118 valence electrons. The first-order chi connectivity index (χ1) is 10.7. The van der Waals surface area contributed by atoms with Gasteiger partial charge in [0, 0.05) is 12.3 Å². The van der Waals surface area contributed by atoms with Crippen molar-refractivity contribution in [2.45, 2.75) is 25.8 Å². The molecule has 0 radical (unpaired) electrons. The predicted octanol–water partition coefficient (Wildman–Crippen LogP) is 2.39. The number of unbranched alkanes of at least 4 members (excludes halogenated alkanes) is 1. The van der Waals surface area contributed by atoms with Crippen molar-refractivity contribution in [3.63, 3.8) is 0 Å². The third-order valence-electron chi connectivity index (χ3n) is 3.83. The van der Waals surface area contributed by atoms with E-state index in [4.69, 9.17) is 14.2 Å². The summed E-state index contributed by atoms with van der Waals surface area (Å²) < 4.78 is 16.5. The van der Waals surface area contributed by atoms with E-state index in [2.05, 4.69) is 11.9 Å². The maximum atomic E-state index is 12.6. The highest BCUT2D eigenvalue weighted by Crippen LogP contribution is 2.37. The lowest BCUT2D eigenvalue weighted by atomic mass is 10.1. The number of carbonyl (C=O) groups is 1. The van der Waals surface area contributed by atoms with E-state index < -0.39 is 0 Å². The summed E-state index contributed by atoms with van der Waals surface area (Å²) in [6, 6.07) is 3.38. The van der Waals surface area contributed by atoms with Crippen molar-refractivity contribution in [1.82, 2.24) is 4.90 Å². The van der Waals surface area contributed by atoms with Crippen molar-refractivity contribution in [2.24, 2.45) is 4.99 Å². The SMILES string of the molecule is CCCCOc1cc2c(cc1OC)C(=O)N1COCC1C=N2. The zero-order valence-corrected chi connectivity index (χ0v) is 12.9. The Morgan fingerprint density at radius 2 is 2.27 bits per heavy atom. The second-order valence-electron chi connectivity index (χ2n) is 5.34. The molecule has 1 aromatic carbocycles. The van der Waals surface area contributed by atoms with Crippen LogP contribution in [-0.4, -0.2) is 50.1 Å². The quantitative estimate of drug-likeness (QED) is 0.784. The third kappa shape index (κ3) is 2.66. The lowest BCUT2D eigenvalue weighted by molar-refractivity contribution is 0.0684. The molecule has 1 saturated heterocycles. The molecule has 1 amide bonds. The fourth-order valence-corrected chi connectivity index (χ4v) is 2.54. The van der Waals surface area contributed by atoms with Gasteiger partial charge in [-0.2, -0.15) is 0 Å². The molecule has 1 aromatic rings. The molecule has 0 aromatic heterocycles. The van der Waals surface area contributed by atoms with Crippen LogP contribution in [0.25, 0.3) is 0 Å². The minimum atomic E-state index is -0.102. The summed E-state index contributed by atoms with van der Waals surface area (Å²) in [6.45, 7) is 3.51. The van der Waals surface area contributed by atoms with E-state index in [-0.39, 0.29) is 11.9 Å². The maximum absolute atomic E-state index is 12.6. The van der Waals surface area contributed by atoms with E-state index in [1.54, 1.807) is 30.4 Å². The third-order valence-corrected chi connectivity index (χ3v) is 3.83. The average Bonchev–Trinajstić information content (AvgIpc) is 2.96. The molecule has 0 aliphatic carbocycles. The molecule has 1 atom stereocenters. The molecular formula is C16H20N2O4. The zero-order valence-electron chi connectivity index (χ0n) is 12.9. The number of hydrogen-bond acceptors (Lipinski definition) is 5. The van der Waals surface area contributed by atoms with Gasteiger partial charge in [0.2, 0.25) is 0 Å². The number of aliphatic imine (C=N–C) groups is 1. The summed E-state index contributed by atoms with van der Waals surface area (Å²) in [5.41, 5.74) is 1.13. The summed E-state index contributed by atoms with van der Waals surface area (Å²) >= 11 is 0. The first-order valence-electron chi connectivity index (χ1n) is 7.52. The van der Waals surface area contributed by atoms with Crippen LogP contribution in [0.3, 0.4) is 0 Å². The van der Waals surface area contributed by atoms with Gasteiger partial charge in [-0.1, -0.05) is 13.3 Å². The van der Waals surface area contributed by atoms with Gasteiger partial charge in [0.1, 0.15) is 6.73 Å². The highest BCUT2D eigenvalue weighted by molar-refractivity contribution is 6.03. The zero-order chi connectivity index (χ0) is 15.5. The summed E-state index contributed by atoms with van der Waals surface area (Å²) in [7, 11) is 1.57. The normalized spacial score (nSPS) is 19.6. The molecule has 1 fully saturated rings. The summed E-state index contributed by atoms with van der Waals surface area (Å²) in [4.78, 5) is 18.7. The van der Waals surface area contributed by atoms with E-state index in [1.165, 1.54) is 0 Å². The number of benzene rings is 1. The van der Waals surface area contributed by atoms with Gasteiger partial charge in [-0.25, -0.2) is 0 Å². The molecule has 3 rings (SSSR count). The Morgan fingerprint density at radius 1 is 1.41 bits per heavy atom. The minimum Gasteiger partial charge on any atom is -0.493 e. The van der Waals surface area contributed by atoms with Crippen molar-refractivity contribution in [1.29, 1.82) is 0 Å². The molecule has 2 aliphatic rings. The molecule has 1 unspecified atom stereocenters. The highest BCUT2D eigenvalue weighted by atomic mass is 16.5. The lowest BCUT2D eigenvalue weighted by Gasteiger charge is -2.18. The minimum absolute atomic E-state index is 0.0894. The smallest absolute Gasteiger partial charge is 0.258 e. The molecule has 6 heteroatoms. The van der Waals surface area contributed by atoms with Crippen LogP contribution in [0.1, 0.15) is 30.1 Å². The van der Waals surface area contributed by atoms with Crippen LogP contribution in [0.15, 0.2) is 17.1 Å². The lowest BCUT2D eigenvalue weighted by Crippen LogP contribution is -2.36. The monoisotopic (exact) mass is 304 g/mol. The van der Waals surface area contributed by atoms with Gasteiger partial charge in [0.25, 0.3) is 5.91 Å². The summed E-state index contributed by atoms with van der Waals surface area (Å²) in [6.07, 6.45) is 3.79. The Hall–Kier alpha value is -2.08. The fraction of sp³-hybridized carbons (Fsp3) is 0.500. The highest BCUT2D eigenvalue weighted by Gasteiger charge is 2.33. The first kappa shape index (κ1) is 14.8. The number of ether oxygens (including phenoxy) is 3. The van der Waals surface area contributed by atoms with Crippen molar-refractivity contribution in [2.75, 3.05) is 27.1 Å². The largest absolute Gasteiger partial charge is 0.493 e. The fourth-order valence-electron chi connectivity index (χ4n) is 2.54. The Morgan fingerprint density at radius 3 is 3.05 bits per heavy atom. The maximum Gasteiger partial charge on any atom is 0.258 e. The Kier molecular flexibility index (Phi) is 4.29. The average molecular weight is 304 g/mol. The van der Waals surface area contributed by atoms with Crippen LogP contribution in [0.4, 0.5) is 5.69 Å². The number of fused-ring (bicyclic) bond motifs is 2. The van der Waals surface area contributed by atoms with Crippen LogP contribution < -0.4 is 9.47 Å². The number of hydrogen-bond donors (Lipinski definition) is 0. The van der Waals surface area contributed by atoms with Crippen LogP contribution in [0, 0.1) is 0 Å². The molecule has 2 heterocycles. The molecule has 2 aliphatic heterocycles. The second kappa shape index (κ2) is 6.36. The molecule has 0 spiro atoms. The Bertz CT molecular complexity index is 600. The van der Waals surface area contributed by atoms with Crippen LogP contribution in [-0.2, 0) is 4.74 Å². The topological polar surface area (TPSA) is 60.4 Å². The molecule has 0 bridgehead atoms. The van der Waals surface area contributed by atoms with Crippen molar-refractivity contribution in [3.05, 3.63) is 17.7 Å². The van der Waals surface area contributed by atoms with Gasteiger partial charge in [-0.05, 0) is 12.5 Å². The number of nitrogens with zero attached hydrogens (tertiary/aromatic N) is 2. The molecule has 0 saturated carbocycles. The second-order valence-corrected chi connectivity index (χ2v) is 5.34. The van der Waals surface area contributed by atoms with Crippen molar-refractivity contribution in [3.8, 4) is 11.5 Å². The van der Waals surface area contributed by atoms with Gasteiger partial charge >= 0.3 is 0 Å². The molecule has 0 N–H and O–H groups in total. The number of rotatable bonds is 5. The number of carbonyl (C=O) groups excluding carboxylic acids is 1. The molecular weight excluding hydrogens is 284 g/mol. The van der Waals surface area contributed by atoms with E-state index in [0.29, 0.717) is 42.7 Å². The van der Waals surface area contributed by atoms with Crippen LogP contribution >= 0.6 is 0 Å². The molecule has 6 nitrogen and oxygen atoms in total. The first-order valence-corrected chi connectivity index (χ1v) is 7.52. The van der Waals surface area contributed by atoms with Gasteiger partial charge in [0.05, 0.1) is 37.6 Å².